The van der Waals surface area contributed by atoms with Crippen molar-refractivity contribution in [3.63, 3.8) is 0 Å². The van der Waals surface area contributed by atoms with Crippen molar-refractivity contribution in [2.75, 3.05) is 39.5 Å². The van der Waals surface area contributed by atoms with Crippen LogP contribution in [0.1, 0.15) is 54.0 Å². The number of amides is 1. The number of hydrogen-bond donors (Lipinski definition) is 1. The number of morpholine rings is 1. The fourth-order valence-electron chi connectivity index (χ4n) is 4.92. The highest BCUT2D eigenvalue weighted by molar-refractivity contribution is 6.33. The van der Waals surface area contributed by atoms with Crippen molar-refractivity contribution in [1.82, 2.24) is 25.0 Å². The van der Waals surface area contributed by atoms with Gasteiger partial charge in [-0.2, -0.15) is 5.10 Å². The van der Waals surface area contributed by atoms with Crippen molar-refractivity contribution < 1.29 is 19.1 Å². The fourth-order valence-corrected chi connectivity index (χ4v) is 5.10. The Bertz CT molecular complexity index is 1030. The Morgan fingerprint density at radius 3 is 2.59 bits per heavy atom. The topological polar surface area (TPSA) is 98.6 Å². The minimum atomic E-state index is -0.746. The van der Waals surface area contributed by atoms with E-state index in [0.717, 1.165) is 63.4 Å². The molecule has 2 aromatic heterocycles. The first-order valence-electron chi connectivity index (χ1n) is 11.8. The molecule has 1 N–H and O–H groups in total. The number of nitrogens with one attached hydrogen (secondary N) is 1. The fraction of sp³-hybridized carbons (Fsp3) is 0.583. The molecule has 34 heavy (non-hydrogen) atoms. The third-order valence-corrected chi connectivity index (χ3v) is 6.97. The van der Waals surface area contributed by atoms with Gasteiger partial charge in [-0.1, -0.05) is 30.9 Å². The van der Waals surface area contributed by atoms with Crippen LogP contribution in [-0.2, 0) is 14.3 Å². The minimum absolute atomic E-state index is 0.0448. The van der Waals surface area contributed by atoms with Gasteiger partial charge in [0.05, 0.1) is 23.9 Å². The molecule has 1 aliphatic carbocycles. The van der Waals surface area contributed by atoms with E-state index in [9.17, 15) is 9.59 Å². The van der Waals surface area contributed by atoms with Gasteiger partial charge in [0.1, 0.15) is 0 Å². The van der Waals surface area contributed by atoms with E-state index in [0.29, 0.717) is 12.4 Å². The number of aromatic nitrogens is 3. The Morgan fingerprint density at radius 1 is 1.18 bits per heavy atom. The number of hydrogen-bond acceptors (Lipinski definition) is 7. The average Bonchev–Trinajstić information content (AvgIpc) is 3.20. The number of pyridine rings is 1. The molecule has 10 heteroatoms. The van der Waals surface area contributed by atoms with Crippen molar-refractivity contribution in [1.29, 1.82) is 0 Å². The second-order valence-corrected chi connectivity index (χ2v) is 9.48. The maximum absolute atomic E-state index is 12.7. The summed E-state index contributed by atoms with van der Waals surface area (Å²) >= 11 is 6.20. The van der Waals surface area contributed by atoms with E-state index < -0.39 is 5.97 Å². The zero-order valence-corrected chi connectivity index (χ0v) is 20.6. The van der Waals surface area contributed by atoms with E-state index in [1.807, 2.05) is 19.9 Å². The lowest BCUT2D eigenvalue weighted by Gasteiger charge is -2.48. The van der Waals surface area contributed by atoms with Gasteiger partial charge in [0, 0.05) is 30.9 Å². The zero-order valence-electron chi connectivity index (χ0n) is 19.8. The molecule has 3 heterocycles. The molecule has 2 aliphatic rings. The number of carbonyl (C=O) groups is 2. The summed E-state index contributed by atoms with van der Waals surface area (Å²) in [4.78, 5) is 32.0. The third-order valence-electron chi connectivity index (χ3n) is 6.67. The van der Waals surface area contributed by atoms with E-state index in [2.05, 4.69) is 20.3 Å². The van der Waals surface area contributed by atoms with Crippen LogP contribution in [0.25, 0.3) is 5.82 Å². The maximum Gasteiger partial charge on any atom is 0.359 e. The molecule has 2 aromatic rings. The van der Waals surface area contributed by atoms with Crippen LogP contribution in [0.15, 0.2) is 18.2 Å². The summed E-state index contributed by atoms with van der Waals surface area (Å²) < 4.78 is 12.4. The number of carbonyl (C=O) groups excluding carboxylic acids is 2. The molecule has 0 radical (unpaired) electrons. The Labute approximate surface area is 204 Å². The SMILES string of the molecule is Cc1cc(C)n(-c2ccc(Cl)c(C(=O)OCC(=O)NCC3(N4CCOCC4)CCCCC3)n2)n1. The van der Waals surface area contributed by atoms with Crippen LogP contribution in [0.4, 0.5) is 0 Å². The molecule has 0 spiro atoms. The van der Waals surface area contributed by atoms with Crippen LogP contribution in [-0.4, -0.2) is 76.5 Å². The summed E-state index contributed by atoms with van der Waals surface area (Å²) in [6.07, 6.45) is 5.62. The highest BCUT2D eigenvalue weighted by Crippen LogP contribution is 2.33. The number of nitrogens with zero attached hydrogens (tertiary/aromatic N) is 4. The molecule has 0 unspecified atom stereocenters. The van der Waals surface area contributed by atoms with E-state index in [1.54, 1.807) is 16.8 Å². The van der Waals surface area contributed by atoms with Crippen molar-refractivity contribution in [3.05, 3.63) is 40.3 Å². The maximum atomic E-state index is 12.7. The van der Waals surface area contributed by atoms with Crippen molar-refractivity contribution in [2.45, 2.75) is 51.5 Å². The first kappa shape index (κ1) is 24.6. The van der Waals surface area contributed by atoms with Crippen LogP contribution in [0, 0.1) is 13.8 Å². The predicted molar refractivity (Wildman–Crippen MR) is 127 cm³/mol. The second-order valence-electron chi connectivity index (χ2n) is 9.08. The molecular formula is C24H32ClN5O4. The number of ether oxygens (including phenoxy) is 2. The lowest BCUT2D eigenvalue weighted by molar-refractivity contribution is -0.125. The number of rotatable bonds is 7. The van der Waals surface area contributed by atoms with Crippen molar-refractivity contribution in [2.24, 2.45) is 0 Å². The summed E-state index contributed by atoms with van der Waals surface area (Å²) in [5.41, 5.74) is 1.61. The van der Waals surface area contributed by atoms with Crippen LogP contribution < -0.4 is 5.32 Å². The van der Waals surface area contributed by atoms with Gasteiger partial charge >= 0.3 is 5.97 Å². The van der Waals surface area contributed by atoms with Gasteiger partial charge in [-0.15, -0.1) is 0 Å². The van der Waals surface area contributed by atoms with Crippen LogP contribution >= 0.6 is 11.6 Å². The summed E-state index contributed by atoms with van der Waals surface area (Å²) in [6, 6.07) is 5.17. The van der Waals surface area contributed by atoms with Crippen molar-refractivity contribution >= 4 is 23.5 Å². The van der Waals surface area contributed by atoms with Gasteiger partial charge in [0.25, 0.3) is 5.91 Å². The van der Waals surface area contributed by atoms with Crippen LogP contribution in [0.5, 0.6) is 0 Å². The second kappa shape index (κ2) is 10.8. The molecule has 184 valence electrons. The molecule has 1 aliphatic heterocycles. The average molecular weight is 490 g/mol. The summed E-state index contributed by atoms with van der Waals surface area (Å²) in [6.45, 7) is 7.12. The molecule has 1 amide bonds. The van der Waals surface area contributed by atoms with Crippen molar-refractivity contribution in [3.8, 4) is 5.82 Å². The molecular weight excluding hydrogens is 458 g/mol. The van der Waals surface area contributed by atoms with Gasteiger partial charge in [-0.05, 0) is 44.9 Å². The van der Waals surface area contributed by atoms with Crippen LogP contribution in [0.2, 0.25) is 5.02 Å². The van der Waals surface area contributed by atoms with E-state index in [1.165, 1.54) is 6.42 Å². The zero-order chi connectivity index (χ0) is 24.1. The highest BCUT2D eigenvalue weighted by atomic mass is 35.5. The van der Waals surface area contributed by atoms with Gasteiger partial charge in [-0.25, -0.2) is 14.5 Å². The number of esters is 1. The number of aryl methyl sites for hydroxylation is 2. The third kappa shape index (κ3) is 5.59. The molecule has 4 rings (SSSR count). The normalized spacial score (nSPS) is 18.4. The molecule has 9 nitrogen and oxygen atoms in total. The van der Waals surface area contributed by atoms with Gasteiger partial charge in [-0.3, -0.25) is 9.69 Å². The standard InChI is InChI=1S/C24H32ClN5O4/c1-17-14-18(2)30(28-17)20-7-6-19(25)22(27-20)23(32)34-15-21(31)26-16-24(8-4-3-5-9-24)29-10-12-33-13-11-29/h6-7,14H,3-5,8-13,15-16H2,1-2H3,(H,26,31). The smallest absolute Gasteiger partial charge is 0.359 e. The molecule has 2 fully saturated rings. The largest absolute Gasteiger partial charge is 0.451 e. The summed E-state index contributed by atoms with van der Waals surface area (Å²) in [5, 5.41) is 7.53. The van der Waals surface area contributed by atoms with E-state index in [4.69, 9.17) is 21.1 Å². The highest BCUT2D eigenvalue weighted by Gasteiger charge is 2.38. The Balaban J connectivity index is 1.36. The molecule has 1 saturated carbocycles. The van der Waals surface area contributed by atoms with Gasteiger partial charge < -0.3 is 14.8 Å². The van der Waals surface area contributed by atoms with E-state index >= 15 is 0 Å². The van der Waals surface area contributed by atoms with Gasteiger partial charge in [0.15, 0.2) is 18.1 Å². The first-order chi connectivity index (χ1) is 16.4. The van der Waals surface area contributed by atoms with E-state index in [-0.39, 0.29) is 28.8 Å². The first-order valence-corrected chi connectivity index (χ1v) is 12.2. The summed E-state index contributed by atoms with van der Waals surface area (Å²) in [7, 11) is 0. The Morgan fingerprint density at radius 2 is 1.91 bits per heavy atom. The lowest BCUT2D eigenvalue weighted by atomic mass is 9.79. The number of halogens is 1. The lowest BCUT2D eigenvalue weighted by Crippen LogP contribution is -2.59. The van der Waals surface area contributed by atoms with Crippen LogP contribution in [0.3, 0.4) is 0 Å². The Hall–Kier alpha value is -2.49. The van der Waals surface area contributed by atoms with Gasteiger partial charge in [0.2, 0.25) is 0 Å². The molecule has 0 bridgehead atoms. The minimum Gasteiger partial charge on any atom is -0.451 e. The Kier molecular flexibility index (Phi) is 7.85. The quantitative estimate of drug-likeness (QED) is 0.597. The predicted octanol–water partition coefficient (Wildman–Crippen LogP) is 2.85. The molecule has 0 aromatic carbocycles. The molecule has 0 atom stereocenters. The summed E-state index contributed by atoms with van der Waals surface area (Å²) in [5.74, 6) is -0.627. The molecule has 1 saturated heterocycles. The monoisotopic (exact) mass is 489 g/mol.